The highest BCUT2D eigenvalue weighted by Gasteiger charge is 2.95. The Balaban J connectivity index is 1.82. The van der Waals surface area contributed by atoms with Crippen molar-refractivity contribution in [3.63, 3.8) is 0 Å². The van der Waals surface area contributed by atoms with Crippen LogP contribution in [0.3, 0.4) is 0 Å². The first kappa shape index (κ1) is 12.7. The van der Waals surface area contributed by atoms with Crippen LogP contribution >= 0.6 is 0 Å². The van der Waals surface area contributed by atoms with E-state index in [4.69, 9.17) is 9.47 Å². The van der Waals surface area contributed by atoms with E-state index < -0.39 is 47.8 Å². The molecule has 1 spiro atoms. The molecule has 0 aromatic heterocycles. The lowest BCUT2D eigenvalue weighted by molar-refractivity contribution is -0.421. The van der Waals surface area contributed by atoms with Gasteiger partial charge in [0.2, 0.25) is 0 Å². The van der Waals surface area contributed by atoms with Crippen molar-refractivity contribution < 1.29 is 35.0 Å². The van der Waals surface area contributed by atoms with Crippen LogP contribution in [0.4, 0.5) is 0 Å². The summed E-state index contributed by atoms with van der Waals surface area (Å²) >= 11 is 0. The minimum absolute atomic E-state index is 0.0280. The third kappa shape index (κ3) is 1.10. The third-order valence-electron chi connectivity index (χ3n) is 4.58. The topological polar surface area (TPSA) is 120 Å². The number of ether oxygens (including phenoxy) is 2. The molecule has 2 heterocycles. The number of aliphatic hydroxyl groups excluding tert-OH is 4. The molecule has 7 nitrogen and oxygen atoms in total. The van der Waals surface area contributed by atoms with Crippen molar-refractivity contribution in [1.82, 2.24) is 0 Å². The molecule has 2 aliphatic carbocycles. The summed E-state index contributed by atoms with van der Waals surface area (Å²) in [7, 11) is 0. The third-order valence-corrected chi connectivity index (χ3v) is 4.58. The first-order valence-electron chi connectivity index (χ1n) is 6.04. The minimum atomic E-state index is -1.60. The lowest BCUT2D eigenvalue weighted by Gasteiger charge is -2.58. The quantitative estimate of drug-likeness (QED) is 0.375. The standard InChI is InChI=1S/C11H18O7/c1-5(13)3-17-10-4-9(7(10)14)8(15)11(9,16)6(2-12)18-10/h5-8,12-16H,2-4H2,1H3. The van der Waals surface area contributed by atoms with Gasteiger partial charge in [-0.1, -0.05) is 0 Å². The Morgan fingerprint density at radius 3 is 2.56 bits per heavy atom. The number of aliphatic hydroxyl groups is 5. The van der Waals surface area contributed by atoms with Gasteiger partial charge in [-0.2, -0.15) is 0 Å². The molecule has 0 aromatic carbocycles. The second-order valence-electron chi connectivity index (χ2n) is 5.61. The molecule has 104 valence electrons. The van der Waals surface area contributed by atoms with E-state index in [0.717, 1.165) is 0 Å². The van der Waals surface area contributed by atoms with Crippen LogP contribution in [-0.2, 0) is 9.47 Å². The highest BCUT2D eigenvalue weighted by atomic mass is 16.7. The fourth-order valence-electron chi connectivity index (χ4n) is 3.53. The van der Waals surface area contributed by atoms with Crippen molar-refractivity contribution in [3.05, 3.63) is 0 Å². The van der Waals surface area contributed by atoms with Crippen molar-refractivity contribution >= 4 is 0 Å². The largest absolute Gasteiger partial charge is 0.394 e. The van der Waals surface area contributed by atoms with Crippen LogP contribution in [0.2, 0.25) is 0 Å². The molecule has 0 aromatic rings. The zero-order chi connectivity index (χ0) is 13.3. The van der Waals surface area contributed by atoms with E-state index in [1.807, 2.05) is 0 Å². The Morgan fingerprint density at radius 2 is 2.06 bits per heavy atom. The number of rotatable bonds is 4. The molecule has 7 heteroatoms. The molecule has 0 amide bonds. The Labute approximate surface area is 104 Å². The lowest BCUT2D eigenvalue weighted by Crippen LogP contribution is -2.73. The molecule has 2 saturated carbocycles. The number of hydrogen-bond acceptors (Lipinski definition) is 7. The molecule has 5 N–H and O–H groups in total. The Morgan fingerprint density at radius 1 is 1.39 bits per heavy atom. The van der Waals surface area contributed by atoms with Gasteiger partial charge in [0, 0.05) is 6.42 Å². The van der Waals surface area contributed by atoms with Crippen LogP contribution in [-0.4, -0.2) is 74.6 Å². The van der Waals surface area contributed by atoms with Gasteiger partial charge in [-0.3, -0.25) is 0 Å². The van der Waals surface area contributed by atoms with Gasteiger partial charge in [-0.05, 0) is 6.92 Å². The SMILES string of the molecule is CC(O)COC12CC3(C1O)C(O)C3(O)C(CO)O2. The zero-order valence-electron chi connectivity index (χ0n) is 9.98. The van der Waals surface area contributed by atoms with Crippen LogP contribution in [0.5, 0.6) is 0 Å². The predicted molar refractivity (Wildman–Crippen MR) is 56.3 cm³/mol. The van der Waals surface area contributed by atoms with Gasteiger partial charge in [0.05, 0.1) is 30.8 Å². The molecule has 4 rings (SSSR count). The molecule has 0 radical (unpaired) electrons. The highest BCUT2D eigenvalue weighted by molar-refractivity contribution is 5.41. The zero-order valence-corrected chi connectivity index (χ0v) is 9.98. The van der Waals surface area contributed by atoms with Crippen LogP contribution < -0.4 is 0 Å². The summed E-state index contributed by atoms with van der Waals surface area (Å²) in [5.74, 6) is -1.34. The van der Waals surface area contributed by atoms with Crippen molar-refractivity contribution in [2.75, 3.05) is 13.2 Å². The monoisotopic (exact) mass is 262 g/mol. The molecule has 2 saturated heterocycles. The molecule has 7 atom stereocenters. The summed E-state index contributed by atoms with van der Waals surface area (Å²) in [6.45, 7) is 1.04. The summed E-state index contributed by atoms with van der Waals surface area (Å²) < 4.78 is 10.8. The smallest absolute Gasteiger partial charge is 0.196 e. The predicted octanol–water partition coefficient (Wildman–Crippen LogP) is -2.67. The number of fused-ring (bicyclic) bond motifs is 1. The molecule has 4 aliphatic rings. The fourth-order valence-corrected chi connectivity index (χ4v) is 3.53. The Kier molecular flexibility index (Phi) is 2.43. The maximum atomic E-state index is 10.2. The van der Waals surface area contributed by atoms with E-state index >= 15 is 0 Å². The molecular formula is C11H18O7. The van der Waals surface area contributed by atoms with Gasteiger partial charge in [-0.25, -0.2) is 0 Å². The fraction of sp³-hybridized carbons (Fsp3) is 1.00. The molecule has 4 fully saturated rings. The van der Waals surface area contributed by atoms with Gasteiger partial charge in [0.1, 0.15) is 17.8 Å². The van der Waals surface area contributed by atoms with E-state index in [1.54, 1.807) is 0 Å². The van der Waals surface area contributed by atoms with Crippen LogP contribution in [0, 0.1) is 5.41 Å². The summed E-state index contributed by atoms with van der Waals surface area (Å²) in [5.41, 5.74) is -2.66. The van der Waals surface area contributed by atoms with Crippen LogP contribution in [0.15, 0.2) is 0 Å². The van der Waals surface area contributed by atoms with Crippen molar-refractivity contribution in [2.45, 2.75) is 49.1 Å². The summed E-state index contributed by atoms with van der Waals surface area (Å²) in [6.07, 6.45) is -3.83. The minimum Gasteiger partial charge on any atom is -0.394 e. The average molecular weight is 262 g/mol. The van der Waals surface area contributed by atoms with Crippen molar-refractivity contribution in [1.29, 1.82) is 0 Å². The molecule has 18 heavy (non-hydrogen) atoms. The molecular weight excluding hydrogens is 244 g/mol. The van der Waals surface area contributed by atoms with E-state index in [0.29, 0.717) is 0 Å². The first-order valence-corrected chi connectivity index (χ1v) is 6.04. The average Bonchev–Trinajstić information content (AvgIpc) is 2.86. The van der Waals surface area contributed by atoms with Crippen LogP contribution in [0.25, 0.3) is 0 Å². The second kappa shape index (κ2) is 3.43. The molecule has 2 bridgehead atoms. The van der Waals surface area contributed by atoms with E-state index in [9.17, 15) is 25.5 Å². The maximum absolute atomic E-state index is 10.2. The summed E-state index contributed by atoms with van der Waals surface area (Å²) in [5, 5.41) is 48.6. The normalized spacial score (nSPS) is 58.7. The second-order valence-corrected chi connectivity index (χ2v) is 5.61. The van der Waals surface area contributed by atoms with Crippen molar-refractivity contribution in [3.8, 4) is 0 Å². The Hall–Kier alpha value is -0.280. The lowest BCUT2D eigenvalue weighted by atomic mass is 9.66. The van der Waals surface area contributed by atoms with E-state index in [2.05, 4.69) is 0 Å². The van der Waals surface area contributed by atoms with Crippen LogP contribution in [0.1, 0.15) is 13.3 Å². The summed E-state index contributed by atoms with van der Waals surface area (Å²) in [4.78, 5) is 0. The van der Waals surface area contributed by atoms with Gasteiger partial charge in [0.25, 0.3) is 0 Å². The van der Waals surface area contributed by atoms with Gasteiger partial charge >= 0.3 is 0 Å². The number of hydrogen-bond donors (Lipinski definition) is 5. The first-order chi connectivity index (χ1) is 8.35. The highest BCUT2D eigenvalue weighted by Crippen LogP contribution is 2.77. The van der Waals surface area contributed by atoms with E-state index in [-0.39, 0.29) is 13.0 Å². The molecule has 2 aliphatic heterocycles. The van der Waals surface area contributed by atoms with E-state index in [1.165, 1.54) is 6.92 Å². The molecule has 7 unspecified atom stereocenters. The maximum Gasteiger partial charge on any atom is 0.196 e. The van der Waals surface area contributed by atoms with Crippen molar-refractivity contribution in [2.24, 2.45) is 5.41 Å². The van der Waals surface area contributed by atoms with Gasteiger partial charge in [0.15, 0.2) is 5.79 Å². The van der Waals surface area contributed by atoms with Gasteiger partial charge < -0.3 is 35.0 Å². The summed E-state index contributed by atoms with van der Waals surface area (Å²) in [6, 6.07) is 0. The Bertz CT molecular complexity index is 374. The van der Waals surface area contributed by atoms with Gasteiger partial charge in [-0.15, -0.1) is 0 Å².